The molecule has 1 amide bonds. The van der Waals surface area contributed by atoms with Crippen molar-refractivity contribution in [3.8, 4) is 0 Å². The fraction of sp³-hybridized carbons (Fsp3) is 0.548. The summed E-state index contributed by atoms with van der Waals surface area (Å²) in [5.74, 6) is -1.56. The third-order valence-corrected chi connectivity index (χ3v) is 8.02. The highest BCUT2D eigenvalue weighted by atomic mass is 32.1. The summed E-state index contributed by atoms with van der Waals surface area (Å²) in [6, 6.07) is -0.493. The summed E-state index contributed by atoms with van der Waals surface area (Å²) in [7, 11) is 3.10. The molecular weight excluding hydrogens is 542 g/mol. The van der Waals surface area contributed by atoms with Crippen LogP contribution in [0, 0.1) is 11.8 Å². The number of likely N-dealkylation sites (tertiary alicyclic amines) is 1. The number of fused-ring (bicyclic) bond motifs is 2. The van der Waals surface area contributed by atoms with Crippen molar-refractivity contribution in [3.63, 3.8) is 0 Å². The standard InChI is InChI=1S/C31H41N3O6S/c1-18-13-22-28(34-11-8-12-34)24(35)16-23(30(22)37)33-31(38)19(2)9-7-10-25(39-5)27(32-17-41)20(3)15-21(4)29(36)26(14-18)40-6/h7,9-10,15-16,18,21,25-27,29,36H,8,11-14H2,1-6H3,(H,33,38)/b10-7+,19-9-,20-15+/t18-,21+,25+,26+,27-,29-/m1/s1. The molecule has 2 bridgehead atoms. The fourth-order valence-corrected chi connectivity index (χ4v) is 5.53. The zero-order valence-corrected chi connectivity index (χ0v) is 25.5. The predicted molar refractivity (Wildman–Crippen MR) is 160 cm³/mol. The zero-order chi connectivity index (χ0) is 30.3. The number of ketones is 2. The number of aliphatic hydroxyl groups excluding tert-OH is 1. The van der Waals surface area contributed by atoms with E-state index >= 15 is 0 Å². The summed E-state index contributed by atoms with van der Waals surface area (Å²) in [6.45, 7) is 8.79. The molecular formula is C31H41N3O6S. The van der Waals surface area contributed by atoms with E-state index < -0.39 is 30.3 Å². The molecule has 1 aliphatic carbocycles. The van der Waals surface area contributed by atoms with Gasteiger partial charge in [-0.15, -0.1) is 0 Å². The van der Waals surface area contributed by atoms with Crippen LogP contribution in [0.25, 0.3) is 0 Å². The molecule has 2 N–H and O–H groups in total. The lowest BCUT2D eigenvalue weighted by Crippen LogP contribution is -2.43. The second-order valence-electron chi connectivity index (χ2n) is 11.1. The summed E-state index contributed by atoms with van der Waals surface area (Å²) in [6.07, 6.45) is 7.97. The molecule has 3 rings (SSSR count). The Kier molecular flexibility index (Phi) is 11.7. The predicted octanol–water partition coefficient (Wildman–Crippen LogP) is 3.48. The SMILES string of the molecule is CO[C@H]1/C=C/C=C(/C)C(=O)NC2=CC(=O)C(N3CCC3)=C(C[C@@H](C)C[C@H](OC)[C@H](O)[C@@H](C)/C=C(\C)[C@H]1N=C=S)C2=O. The highest BCUT2D eigenvalue weighted by Gasteiger charge is 2.36. The van der Waals surface area contributed by atoms with E-state index in [0.29, 0.717) is 42.8 Å². The van der Waals surface area contributed by atoms with Gasteiger partial charge < -0.3 is 24.8 Å². The maximum atomic E-state index is 13.7. The molecule has 6 atom stereocenters. The molecule has 0 aromatic rings. The monoisotopic (exact) mass is 583 g/mol. The number of amides is 1. The molecule has 0 saturated carbocycles. The lowest BCUT2D eigenvalue weighted by Gasteiger charge is -2.37. The quantitative estimate of drug-likeness (QED) is 0.224. The molecule has 0 aromatic carbocycles. The second-order valence-corrected chi connectivity index (χ2v) is 11.2. The van der Waals surface area contributed by atoms with Gasteiger partial charge in [0, 0.05) is 50.4 Å². The minimum atomic E-state index is -0.846. The van der Waals surface area contributed by atoms with Crippen LogP contribution in [-0.2, 0) is 23.9 Å². The molecule has 0 spiro atoms. The van der Waals surface area contributed by atoms with Crippen molar-refractivity contribution in [1.82, 2.24) is 10.2 Å². The van der Waals surface area contributed by atoms with E-state index in [1.165, 1.54) is 6.08 Å². The number of carbonyl (C=O) groups excluding carboxylic acids is 3. The number of nitrogens with one attached hydrogen (secondary N) is 1. The van der Waals surface area contributed by atoms with E-state index in [9.17, 15) is 19.5 Å². The molecule has 1 fully saturated rings. The Balaban J connectivity index is 2.07. The van der Waals surface area contributed by atoms with Crippen LogP contribution in [0.2, 0.25) is 0 Å². The minimum Gasteiger partial charge on any atom is -0.390 e. The molecule has 0 unspecified atom stereocenters. The summed E-state index contributed by atoms with van der Waals surface area (Å²) < 4.78 is 11.4. The van der Waals surface area contributed by atoms with E-state index in [2.05, 4.69) is 15.5 Å². The summed E-state index contributed by atoms with van der Waals surface area (Å²) in [5, 5.41) is 16.4. The number of rotatable bonds is 4. The van der Waals surface area contributed by atoms with E-state index in [0.717, 1.165) is 12.0 Å². The number of thiocarbonyl (C=S) groups is 1. The Labute approximate surface area is 247 Å². The number of hydrogen-bond acceptors (Lipinski definition) is 9. The normalized spacial score (nSPS) is 33.9. The molecule has 1 saturated heterocycles. The van der Waals surface area contributed by atoms with Gasteiger partial charge in [0.2, 0.25) is 11.6 Å². The molecule has 9 nitrogen and oxygen atoms in total. The Morgan fingerprint density at radius 3 is 2.44 bits per heavy atom. The third-order valence-electron chi connectivity index (χ3n) is 7.92. The van der Waals surface area contributed by atoms with E-state index in [1.54, 1.807) is 39.4 Å². The average molecular weight is 584 g/mol. The lowest BCUT2D eigenvalue weighted by atomic mass is 9.84. The molecule has 3 aliphatic rings. The van der Waals surface area contributed by atoms with E-state index in [4.69, 9.17) is 21.7 Å². The van der Waals surface area contributed by atoms with Crippen molar-refractivity contribution in [2.24, 2.45) is 16.8 Å². The van der Waals surface area contributed by atoms with Crippen LogP contribution in [0.4, 0.5) is 0 Å². The van der Waals surface area contributed by atoms with E-state index in [1.807, 2.05) is 31.7 Å². The average Bonchev–Trinajstić information content (AvgIpc) is 2.91. The highest BCUT2D eigenvalue weighted by molar-refractivity contribution is 7.78. The van der Waals surface area contributed by atoms with Gasteiger partial charge in [-0.1, -0.05) is 38.2 Å². The highest BCUT2D eigenvalue weighted by Crippen LogP contribution is 2.32. The molecule has 0 aromatic heterocycles. The van der Waals surface area contributed by atoms with Crippen LogP contribution < -0.4 is 5.32 Å². The van der Waals surface area contributed by atoms with Crippen molar-refractivity contribution in [3.05, 3.63) is 58.5 Å². The van der Waals surface area contributed by atoms with Gasteiger partial charge in [0.25, 0.3) is 5.91 Å². The van der Waals surface area contributed by atoms with Crippen molar-refractivity contribution in [2.45, 2.75) is 71.3 Å². The first-order chi connectivity index (χ1) is 19.5. The molecule has 2 aliphatic heterocycles. The van der Waals surface area contributed by atoms with Crippen molar-refractivity contribution < 1.29 is 29.0 Å². The van der Waals surface area contributed by atoms with Crippen LogP contribution in [0.3, 0.4) is 0 Å². The van der Waals surface area contributed by atoms with E-state index in [-0.39, 0.29) is 29.1 Å². The van der Waals surface area contributed by atoms with Crippen LogP contribution in [-0.4, -0.2) is 84.3 Å². The van der Waals surface area contributed by atoms with Gasteiger partial charge in [0.15, 0.2) is 0 Å². The Bertz CT molecular complexity index is 1240. The van der Waals surface area contributed by atoms with Gasteiger partial charge >= 0.3 is 0 Å². The van der Waals surface area contributed by atoms with Gasteiger partial charge in [-0.05, 0) is 56.8 Å². The Morgan fingerprint density at radius 1 is 1.15 bits per heavy atom. The van der Waals surface area contributed by atoms with Gasteiger partial charge in [-0.3, -0.25) is 14.4 Å². The maximum absolute atomic E-state index is 13.7. The van der Waals surface area contributed by atoms with Gasteiger partial charge in [-0.25, -0.2) is 4.99 Å². The lowest BCUT2D eigenvalue weighted by molar-refractivity contribution is -0.120. The number of carbonyl (C=O) groups is 3. The number of methoxy groups -OCH3 is 2. The summed E-state index contributed by atoms with van der Waals surface area (Å²) >= 11 is 4.89. The number of ether oxygens (including phenoxy) is 2. The van der Waals surface area contributed by atoms with Crippen molar-refractivity contribution >= 4 is 34.9 Å². The van der Waals surface area contributed by atoms with Crippen LogP contribution in [0.5, 0.6) is 0 Å². The Morgan fingerprint density at radius 2 is 1.85 bits per heavy atom. The smallest absolute Gasteiger partial charge is 0.251 e. The van der Waals surface area contributed by atoms with Crippen molar-refractivity contribution in [2.75, 3.05) is 27.3 Å². The first kappa shape index (κ1) is 32.5. The topological polar surface area (TPSA) is 118 Å². The fourth-order valence-electron chi connectivity index (χ4n) is 5.42. The van der Waals surface area contributed by atoms with Crippen LogP contribution in [0.15, 0.2) is 63.5 Å². The number of Topliss-reactive ketones (excluding diaryl/α,β-unsaturated/α-hetero) is 1. The van der Waals surface area contributed by atoms with Crippen molar-refractivity contribution in [1.29, 1.82) is 0 Å². The van der Waals surface area contributed by atoms with Crippen LogP contribution >= 0.6 is 12.2 Å². The molecule has 0 radical (unpaired) electrons. The first-order valence-electron chi connectivity index (χ1n) is 14.0. The largest absolute Gasteiger partial charge is 0.390 e. The van der Waals surface area contributed by atoms with Gasteiger partial charge in [-0.2, -0.15) is 0 Å². The molecule has 222 valence electrons. The summed E-state index contributed by atoms with van der Waals surface area (Å²) in [4.78, 5) is 46.1. The van der Waals surface area contributed by atoms with Gasteiger partial charge in [0.05, 0.1) is 28.8 Å². The molecule has 41 heavy (non-hydrogen) atoms. The number of isothiocyanates is 1. The molecule has 10 heteroatoms. The molecule has 2 heterocycles. The zero-order valence-electron chi connectivity index (χ0n) is 24.7. The summed E-state index contributed by atoms with van der Waals surface area (Å²) in [5.41, 5.74) is 1.92. The number of hydrogen-bond donors (Lipinski definition) is 2. The van der Waals surface area contributed by atoms with Gasteiger partial charge in [0.1, 0.15) is 12.1 Å². The number of allylic oxidation sites excluding steroid dienone is 4. The number of nitrogens with zero attached hydrogens (tertiary/aromatic N) is 2. The van der Waals surface area contributed by atoms with Crippen LogP contribution in [0.1, 0.15) is 47.0 Å². The Hall–Kier alpha value is -3.01. The second kappa shape index (κ2) is 14.8. The third kappa shape index (κ3) is 7.84. The number of aliphatic hydroxyl groups is 1. The number of aliphatic imine (C=N–C) groups is 1. The maximum Gasteiger partial charge on any atom is 0.251 e. The first-order valence-corrected chi connectivity index (χ1v) is 14.4. The minimum absolute atomic E-state index is 0.0388.